The Morgan fingerprint density at radius 3 is 2.33 bits per heavy atom. The van der Waals surface area contributed by atoms with E-state index in [1.54, 1.807) is 13.8 Å². The average Bonchev–Trinajstić information content (AvgIpc) is 1.82. The molecule has 0 unspecified atom stereocenters. The molecule has 1 N–H and O–H groups in total. The highest BCUT2D eigenvalue weighted by atomic mass is 16.5. The molecule has 0 amide bonds. The average molecular weight is 132 g/mol. The Bertz CT molecular complexity index is 90.3. The maximum absolute atomic E-state index is 10.2. The van der Waals surface area contributed by atoms with Gasteiger partial charge in [0.25, 0.3) is 0 Å². The largest absolute Gasteiger partial charge is 0.479 e. The summed E-state index contributed by atoms with van der Waals surface area (Å²) in [5.41, 5.74) is 0. The second-order valence-corrected chi connectivity index (χ2v) is 1.69. The van der Waals surface area contributed by atoms with Gasteiger partial charge in [-0.05, 0) is 13.3 Å². The molecule has 1 atom stereocenters. The van der Waals surface area contributed by atoms with Gasteiger partial charge in [-0.1, -0.05) is 6.92 Å². The molecular weight excluding hydrogens is 120 g/mol. The van der Waals surface area contributed by atoms with Crippen molar-refractivity contribution in [3.8, 4) is 0 Å². The van der Waals surface area contributed by atoms with Crippen LogP contribution in [0.15, 0.2) is 0 Å². The quantitative estimate of drug-likeness (QED) is 0.617. The number of rotatable bonds is 4. The van der Waals surface area contributed by atoms with Gasteiger partial charge in [0.1, 0.15) is 0 Å². The van der Waals surface area contributed by atoms with Gasteiger partial charge in [-0.3, -0.25) is 0 Å². The highest BCUT2D eigenvalue weighted by Crippen LogP contribution is 1.96. The molecule has 0 aromatic rings. The first kappa shape index (κ1) is 8.43. The van der Waals surface area contributed by atoms with E-state index in [1.807, 2.05) is 0 Å². The third-order valence-corrected chi connectivity index (χ3v) is 1.01. The summed E-state index contributed by atoms with van der Waals surface area (Å²) in [7, 11) is 0. The van der Waals surface area contributed by atoms with E-state index in [2.05, 4.69) is 0 Å². The lowest BCUT2D eigenvalue weighted by Gasteiger charge is -2.07. The highest BCUT2D eigenvalue weighted by molar-refractivity contribution is 5.72. The van der Waals surface area contributed by atoms with Crippen molar-refractivity contribution in [1.29, 1.82) is 0 Å². The number of carboxylic acid groups (broad SMARTS) is 1. The van der Waals surface area contributed by atoms with Crippen LogP contribution in [0, 0.1) is 0 Å². The summed E-state index contributed by atoms with van der Waals surface area (Å²) in [5, 5.41) is 8.38. The molecule has 3 nitrogen and oxygen atoms in total. The highest BCUT2D eigenvalue weighted by Gasteiger charge is 2.13. The number of carboxylic acids is 1. The van der Waals surface area contributed by atoms with Crippen molar-refractivity contribution in [2.75, 3.05) is 6.61 Å². The van der Waals surface area contributed by atoms with Crippen LogP contribution < -0.4 is 0 Å². The van der Waals surface area contributed by atoms with Crippen LogP contribution in [0.5, 0.6) is 0 Å². The van der Waals surface area contributed by atoms with Crippen LogP contribution in [0.4, 0.5) is 0 Å². The van der Waals surface area contributed by atoms with Crippen molar-refractivity contribution in [3.63, 3.8) is 0 Å². The lowest BCUT2D eigenvalue weighted by atomic mass is 10.3. The molecule has 0 spiro atoms. The number of ether oxygens (including phenoxy) is 1. The summed E-state index contributed by atoms with van der Waals surface area (Å²) in [4.78, 5) is 10.2. The number of hydrogen-bond acceptors (Lipinski definition) is 2. The second kappa shape index (κ2) is 4.32. The fraction of sp³-hybridized carbons (Fsp3) is 0.833. The smallest absolute Gasteiger partial charge is 0.332 e. The summed E-state index contributed by atoms with van der Waals surface area (Å²) in [6.45, 7) is 4.03. The molecule has 0 aliphatic rings. The van der Waals surface area contributed by atoms with Crippen molar-refractivity contribution in [1.82, 2.24) is 0 Å². The normalized spacial score (nSPS) is 13.1. The fourth-order valence-electron chi connectivity index (χ4n) is 0.565. The van der Waals surface area contributed by atoms with Gasteiger partial charge in [0.2, 0.25) is 0 Å². The first-order valence-corrected chi connectivity index (χ1v) is 3.06. The predicted molar refractivity (Wildman–Crippen MR) is 33.3 cm³/mol. The molecule has 0 aliphatic carbocycles. The Morgan fingerprint density at radius 2 is 2.22 bits per heavy atom. The lowest BCUT2D eigenvalue weighted by molar-refractivity contribution is -0.150. The van der Waals surface area contributed by atoms with Crippen molar-refractivity contribution < 1.29 is 14.6 Å². The van der Waals surface area contributed by atoms with Crippen LogP contribution in [-0.4, -0.2) is 23.8 Å². The van der Waals surface area contributed by atoms with Gasteiger partial charge in [-0.15, -0.1) is 0 Å². The fourth-order valence-corrected chi connectivity index (χ4v) is 0.565. The van der Waals surface area contributed by atoms with E-state index in [9.17, 15) is 4.79 Å². The van der Waals surface area contributed by atoms with Crippen LogP contribution in [-0.2, 0) is 9.53 Å². The zero-order valence-electron chi connectivity index (χ0n) is 5.76. The van der Waals surface area contributed by atoms with E-state index in [0.29, 0.717) is 13.0 Å². The van der Waals surface area contributed by atoms with Crippen molar-refractivity contribution in [2.24, 2.45) is 0 Å². The third-order valence-electron chi connectivity index (χ3n) is 1.01. The van der Waals surface area contributed by atoms with Crippen LogP contribution in [0.1, 0.15) is 20.3 Å². The third kappa shape index (κ3) is 3.08. The standard InChI is InChI=1S/C6H12O3/c1-3-5(6(7)8)9-4-2/h5H,3-4H2,1-2H3,(H,7,8)/t5-/m1/s1. The van der Waals surface area contributed by atoms with Crippen LogP contribution in [0.3, 0.4) is 0 Å². The molecule has 3 heteroatoms. The second-order valence-electron chi connectivity index (χ2n) is 1.69. The summed E-state index contributed by atoms with van der Waals surface area (Å²) < 4.78 is 4.85. The minimum absolute atomic E-state index is 0.463. The van der Waals surface area contributed by atoms with E-state index in [1.165, 1.54) is 0 Å². The number of carbonyl (C=O) groups is 1. The summed E-state index contributed by atoms with van der Waals surface area (Å²) in [5.74, 6) is -0.876. The Balaban J connectivity index is 3.54. The summed E-state index contributed by atoms with van der Waals surface area (Å²) in [6, 6.07) is 0. The maximum atomic E-state index is 10.2. The van der Waals surface area contributed by atoms with Crippen molar-refractivity contribution >= 4 is 5.97 Å². The van der Waals surface area contributed by atoms with Gasteiger partial charge < -0.3 is 9.84 Å². The first-order chi connectivity index (χ1) is 4.22. The minimum Gasteiger partial charge on any atom is -0.479 e. The molecular formula is C6H12O3. The first-order valence-electron chi connectivity index (χ1n) is 3.06. The van der Waals surface area contributed by atoms with E-state index >= 15 is 0 Å². The van der Waals surface area contributed by atoms with Crippen LogP contribution in [0.25, 0.3) is 0 Å². The van der Waals surface area contributed by atoms with Crippen molar-refractivity contribution in [2.45, 2.75) is 26.4 Å². The SMILES string of the molecule is CCO[C@H](CC)C(=O)O. The predicted octanol–water partition coefficient (Wildman–Crippen LogP) is 0.886. The van der Waals surface area contributed by atoms with E-state index in [0.717, 1.165) is 0 Å². The van der Waals surface area contributed by atoms with E-state index in [-0.39, 0.29) is 0 Å². The Labute approximate surface area is 54.6 Å². The Kier molecular flexibility index (Phi) is 4.05. The lowest BCUT2D eigenvalue weighted by Crippen LogP contribution is -2.22. The van der Waals surface area contributed by atoms with Gasteiger partial charge >= 0.3 is 5.97 Å². The molecule has 0 aromatic carbocycles. The van der Waals surface area contributed by atoms with Gasteiger partial charge in [0.15, 0.2) is 6.10 Å². The molecule has 0 heterocycles. The van der Waals surface area contributed by atoms with Gasteiger partial charge in [-0.2, -0.15) is 0 Å². The molecule has 0 fully saturated rings. The van der Waals surface area contributed by atoms with Crippen molar-refractivity contribution in [3.05, 3.63) is 0 Å². The van der Waals surface area contributed by atoms with E-state index in [4.69, 9.17) is 9.84 Å². The van der Waals surface area contributed by atoms with Crippen LogP contribution in [0.2, 0.25) is 0 Å². The van der Waals surface area contributed by atoms with E-state index < -0.39 is 12.1 Å². The molecule has 0 radical (unpaired) electrons. The van der Waals surface area contributed by atoms with Gasteiger partial charge in [-0.25, -0.2) is 4.79 Å². The zero-order valence-corrected chi connectivity index (χ0v) is 5.76. The molecule has 0 saturated heterocycles. The Morgan fingerprint density at radius 1 is 1.67 bits per heavy atom. The molecule has 54 valence electrons. The number of hydrogen-bond donors (Lipinski definition) is 1. The Hall–Kier alpha value is -0.570. The number of aliphatic carboxylic acids is 1. The molecule has 9 heavy (non-hydrogen) atoms. The maximum Gasteiger partial charge on any atom is 0.332 e. The van der Waals surface area contributed by atoms with Crippen LogP contribution >= 0.6 is 0 Å². The van der Waals surface area contributed by atoms with Gasteiger partial charge in [0, 0.05) is 6.61 Å². The molecule has 0 rings (SSSR count). The minimum atomic E-state index is -0.876. The summed E-state index contributed by atoms with van der Waals surface area (Å²) in [6.07, 6.45) is -0.0848. The zero-order chi connectivity index (χ0) is 7.28. The molecule has 0 aliphatic heterocycles. The van der Waals surface area contributed by atoms with Gasteiger partial charge in [0.05, 0.1) is 0 Å². The molecule has 0 saturated carbocycles. The molecule has 0 bridgehead atoms. The molecule has 0 aromatic heterocycles. The monoisotopic (exact) mass is 132 g/mol. The topological polar surface area (TPSA) is 46.5 Å². The summed E-state index contributed by atoms with van der Waals surface area (Å²) >= 11 is 0.